The molecule has 0 aliphatic carbocycles. The highest BCUT2D eigenvalue weighted by Crippen LogP contribution is 2.37. The maximum Gasteiger partial charge on any atom is 0.416 e. The first-order valence-electron chi connectivity index (χ1n) is 11.9. The van der Waals surface area contributed by atoms with Gasteiger partial charge in [0.05, 0.1) is 32.0 Å². The lowest BCUT2D eigenvalue weighted by molar-refractivity contribution is -0.138. The van der Waals surface area contributed by atoms with Gasteiger partial charge in [0.1, 0.15) is 12.4 Å². The van der Waals surface area contributed by atoms with Gasteiger partial charge in [-0.25, -0.2) is 0 Å². The quantitative estimate of drug-likeness (QED) is 0.587. The van der Waals surface area contributed by atoms with Gasteiger partial charge in [-0.3, -0.25) is 4.90 Å². The minimum Gasteiger partial charge on any atom is -0.492 e. The molecule has 4 rings (SSSR count). The third-order valence-corrected chi connectivity index (χ3v) is 6.66. The Morgan fingerprint density at radius 2 is 1.56 bits per heavy atom. The van der Waals surface area contributed by atoms with Gasteiger partial charge < -0.3 is 19.1 Å². The molecule has 8 heteroatoms. The molecule has 5 nitrogen and oxygen atoms in total. The molecule has 186 valence electrons. The molecule has 2 aromatic carbocycles. The van der Waals surface area contributed by atoms with Crippen LogP contribution in [0.15, 0.2) is 30.3 Å². The van der Waals surface area contributed by atoms with E-state index in [1.807, 2.05) is 36.1 Å². The van der Waals surface area contributed by atoms with E-state index < -0.39 is 11.7 Å². The molecule has 2 aromatic rings. The summed E-state index contributed by atoms with van der Waals surface area (Å²) >= 11 is 0. The summed E-state index contributed by atoms with van der Waals surface area (Å²) in [6.07, 6.45) is -3.96. The highest BCUT2D eigenvalue weighted by Gasteiger charge is 2.34. The first-order valence-corrected chi connectivity index (χ1v) is 11.9. The number of anilines is 1. The maximum absolute atomic E-state index is 13.8. The minimum absolute atomic E-state index is 0.287. The van der Waals surface area contributed by atoms with Crippen molar-refractivity contribution < 1.29 is 27.4 Å². The zero-order valence-electron chi connectivity index (χ0n) is 19.9. The van der Waals surface area contributed by atoms with Gasteiger partial charge in [-0.15, -0.1) is 0 Å². The predicted molar refractivity (Wildman–Crippen MR) is 126 cm³/mol. The van der Waals surface area contributed by atoms with Crippen LogP contribution in [0.5, 0.6) is 5.75 Å². The van der Waals surface area contributed by atoms with E-state index in [2.05, 4.69) is 4.90 Å². The smallest absolute Gasteiger partial charge is 0.416 e. The molecule has 0 spiro atoms. The number of halogens is 3. The molecule has 2 saturated heterocycles. The topological polar surface area (TPSA) is 34.2 Å². The molecule has 2 fully saturated rings. The molecule has 0 radical (unpaired) electrons. The van der Waals surface area contributed by atoms with Crippen molar-refractivity contribution >= 4 is 5.69 Å². The fourth-order valence-electron chi connectivity index (χ4n) is 4.52. The second-order valence-electron chi connectivity index (χ2n) is 8.94. The Morgan fingerprint density at radius 3 is 2.21 bits per heavy atom. The number of benzene rings is 2. The summed E-state index contributed by atoms with van der Waals surface area (Å²) in [6.45, 7) is 10.6. The molecule has 2 aliphatic rings. The number of nitrogens with zero attached hydrogens (tertiary/aromatic N) is 2. The van der Waals surface area contributed by atoms with E-state index in [4.69, 9.17) is 14.2 Å². The van der Waals surface area contributed by atoms with E-state index in [0.29, 0.717) is 50.6 Å². The number of aryl methyl sites for hydroxylation is 1. The van der Waals surface area contributed by atoms with E-state index in [0.717, 1.165) is 49.7 Å². The molecular formula is C26H33F3N2O3. The molecule has 0 bridgehead atoms. The van der Waals surface area contributed by atoms with Gasteiger partial charge in [0.15, 0.2) is 0 Å². The number of rotatable bonds is 7. The van der Waals surface area contributed by atoms with Gasteiger partial charge in [0, 0.05) is 38.4 Å². The average Bonchev–Trinajstić information content (AvgIpc) is 2.82. The second-order valence-corrected chi connectivity index (χ2v) is 8.94. The zero-order valence-corrected chi connectivity index (χ0v) is 19.9. The molecule has 0 amide bonds. The predicted octanol–water partition coefficient (Wildman–Crippen LogP) is 4.46. The number of alkyl halides is 3. The Balaban J connectivity index is 1.49. The Hall–Kier alpha value is -2.29. The van der Waals surface area contributed by atoms with E-state index in [-0.39, 0.29) is 5.56 Å². The molecule has 0 aromatic heterocycles. The summed E-state index contributed by atoms with van der Waals surface area (Å²) in [5.74, 6) is 0.782. The SMILES string of the molecule is Cc1cc(OCCN2CCOCC2)ccc1Cc1cc(N2CCOCC2)cc(C(F)(F)F)c1C. The third-order valence-electron chi connectivity index (χ3n) is 6.66. The van der Waals surface area contributed by atoms with Crippen molar-refractivity contribution in [2.24, 2.45) is 0 Å². The third kappa shape index (κ3) is 6.23. The molecule has 0 unspecified atom stereocenters. The number of ether oxygens (including phenoxy) is 3. The van der Waals surface area contributed by atoms with Crippen molar-refractivity contribution in [3.8, 4) is 5.75 Å². The van der Waals surface area contributed by atoms with Crippen LogP contribution in [0.2, 0.25) is 0 Å². The summed E-state index contributed by atoms with van der Waals surface area (Å²) < 4.78 is 58.2. The van der Waals surface area contributed by atoms with Crippen molar-refractivity contribution in [2.45, 2.75) is 26.4 Å². The fraction of sp³-hybridized carbons (Fsp3) is 0.538. The summed E-state index contributed by atoms with van der Waals surface area (Å²) in [7, 11) is 0. The van der Waals surface area contributed by atoms with Crippen LogP contribution in [0.4, 0.5) is 18.9 Å². The fourth-order valence-corrected chi connectivity index (χ4v) is 4.52. The van der Waals surface area contributed by atoms with Crippen molar-refractivity contribution in [1.82, 2.24) is 4.90 Å². The first kappa shape index (κ1) is 24.8. The lowest BCUT2D eigenvalue weighted by Gasteiger charge is -2.30. The summed E-state index contributed by atoms with van der Waals surface area (Å²) in [5.41, 5.74) is 3.03. The Kier molecular flexibility index (Phi) is 8.01. The van der Waals surface area contributed by atoms with Crippen LogP contribution in [0, 0.1) is 13.8 Å². The van der Waals surface area contributed by atoms with Crippen LogP contribution in [-0.4, -0.2) is 70.7 Å². The van der Waals surface area contributed by atoms with Crippen LogP contribution in [0.25, 0.3) is 0 Å². The number of hydrogen-bond donors (Lipinski definition) is 0. The van der Waals surface area contributed by atoms with Crippen LogP contribution in [-0.2, 0) is 22.1 Å². The lowest BCUT2D eigenvalue weighted by Crippen LogP contribution is -2.38. The van der Waals surface area contributed by atoms with E-state index in [9.17, 15) is 13.2 Å². The molecule has 2 aliphatic heterocycles. The van der Waals surface area contributed by atoms with Crippen molar-refractivity contribution in [1.29, 1.82) is 0 Å². The molecule has 0 saturated carbocycles. The number of morpholine rings is 2. The van der Waals surface area contributed by atoms with E-state index in [1.165, 1.54) is 6.07 Å². The van der Waals surface area contributed by atoms with Gasteiger partial charge in [0.2, 0.25) is 0 Å². The molecule has 34 heavy (non-hydrogen) atoms. The van der Waals surface area contributed by atoms with Crippen molar-refractivity contribution in [2.75, 3.05) is 70.7 Å². The minimum atomic E-state index is -4.39. The van der Waals surface area contributed by atoms with Gasteiger partial charge >= 0.3 is 6.18 Å². The highest BCUT2D eigenvalue weighted by molar-refractivity contribution is 5.56. The second kappa shape index (κ2) is 11.0. The van der Waals surface area contributed by atoms with Crippen LogP contribution in [0.1, 0.15) is 27.8 Å². The summed E-state index contributed by atoms with van der Waals surface area (Å²) in [6, 6.07) is 9.03. The van der Waals surface area contributed by atoms with E-state index in [1.54, 1.807) is 6.92 Å². The van der Waals surface area contributed by atoms with Gasteiger partial charge in [-0.2, -0.15) is 13.2 Å². The van der Waals surface area contributed by atoms with Gasteiger partial charge in [-0.1, -0.05) is 6.07 Å². The Labute approximate surface area is 199 Å². The number of hydrogen-bond acceptors (Lipinski definition) is 5. The van der Waals surface area contributed by atoms with Gasteiger partial charge in [0.25, 0.3) is 0 Å². The largest absolute Gasteiger partial charge is 0.492 e. The Morgan fingerprint density at radius 1 is 0.882 bits per heavy atom. The van der Waals surface area contributed by atoms with Crippen LogP contribution < -0.4 is 9.64 Å². The van der Waals surface area contributed by atoms with Crippen molar-refractivity contribution in [3.05, 3.63) is 58.1 Å². The molecule has 2 heterocycles. The van der Waals surface area contributed by atoms with E-state index >= 15 is 0 Å². The summed E-state index contributed by atoms with van der Waals surface area (Å²) in [5, 5.41) is 0. The van der Waals surface area contributed by atoms with Gasteiger partial charge in [-0.05, 0) is 66.8 Å². The standard InChI is InChI=1S/C26H33F3N2O3/c1-19-15-24(34-14-7-30-5-10-32-11-6-30)4-3-21(19)16-22-17-23(31-8-12-33-13-9-31)18-25(20(22)2)26(27,28)29/h3-4,15,17-18H,5-14,16H2,1-2H3. The maximum atomic E-state index is 13.8. The molecular weight excluding hydrogens is 445 g/mol. The molecule has 0 N–H and O–H groups in total. The average molecular weight is 479 g/mol. The Bertz CT molecular complexity index is 968. The normalized spacial score (nSPS) is 17.7. The van der Waals surface area contributed by atoms with Crippen LogP contribution >= 0.6 is 0 Å². The molecule has 0 atom stereocenters. The lowest BCUT2D eigenvalue weighted by atomic mass is 9.93. The zero-order chi connectivity index (χ0) is 24.1. The van der Waals surface area contributed by atoms with Crippen molar-refractivity contribution in [3.63, 3.8) is 0 Å². The summed E-state index contributed by atoms with van der Waals surface area (Å²) in [4.78, 5) is 4.28. The highest BCUT2D eigenvalue weighted by atomic mass is 19.4. The van der Waals surface area contributed by atoms with Crippen LogP contribution in [0.3, 0.4) is 0 Å². The monoisotopic (exact) mass is 478 g/mol. The first-order chi connectivity index (χ1) is 16.3.